The number of nitrogens with zero attached hydrogens (tertiary/aromatic N) is 4. The molecule has 1 N–H and O–H groups in total. The quantitative estimate of drug-likeness (QED) is 0.573. The van der Waals surface area contributed by atoms with Gasteiger partial charge in [-0.15, -0.1) is 0 Å². The summed E-state index contributed by atoms with van der Waals surface area (Å²) < 4.78 is 8.59. The molecule has 8 heteroatoms. The van der Waals surface area contributed by atoms with Crippen molar-refractivity contribution in [1.29, 1.82) is 0 Å². The van der Waals surface area contributed by atoms with E-state index in [1.165, 1.54) is 38.5 Å². The van der Waals surface area contributed by atoms with Gasteiger partial charge in [0.2, 0.25) is 5.91 Å². The van der Waals surface area contributed by atoms with Gasteiger partial charge in [-0.3, -0.25) is 14.3 Å². The van der Waals surface area contributed by atoms with Crippen LogP contribution in [0.1, 0.15) is 38.5 Å². The Bertz CT molecular complexity index is 1160. The lowest BCUT2D eigenvalue weighted by molar-refractivity contribution is -0.121. The van der Waals surface area contributed by atoms with Gasteiger partial charge in [-0.25, -0.2) is 0 Å². The Labute approximate surface area is 188 Å². The molecule has 0 saturated heterocycles. The number of ether oxygens (including phenoxy) is 1. The van der Waals surface area contributed by atoms with Crippen LogP contribution in [-0.4, -0.2) is 58.4 Å². The second-order valence-corrected chi connectivity index (χ2v) is 8.79. The Balaban J connectivity index is 1.48. The van der Waals surface area contributed by atoms with Crippen molar-refractivity contribution < 1.29 is 9.53 Å². The molecule has 0 atom stereocenters. The van der Waals surface area contributed by atoms with Crippen molar-refractivity contribution in [2.24, 2.45) is 7.05 Å². The van der Waals surface area contributed by atoms with E-state index >= 15 is 0 Å². The standard InChI is InChI=1S/C24H33N5O3/c1-27(17-8-6-4-5-7-9-17)13-12-25-22(30)16-29-23-19-14-18(32-3)10-11-21(19)28(2)24(31)20(23)15-26-29/h10-11,14-15,17H,4-9,12-13,16H2,1-3H3,(H,25,30). The number of rotatable bonds is 7. The number of hydrogen-bond donors (Lipinski definition) is 1. The van der Waals surface area contributed by atoms with E-state index in [4.69, 9.17) is 4.74 Å². The zero-order valence-electron chi connectivity index (χ0n) is 19.3. The molecule has 4 rings (SSSR count). The molecule has 1 aliphatic rings. The van der Waals surface area contributed by atoms with Gasteiger partial charge in [0.05, 0.1) is 29.7 Å². The van der Waals surface area contributed by atoms with Crippen molar-refractivity contribution in [3.8, 4) is 5.75 Å². The second-order valence-electron chi connectivity index (χ2n) is 8.79. The summed E-state index contributed by atoms with van der Waals surface area (Å²) in [6.45, 7) is 1.49. The number of hydrogen-bond acceptors (Lipinski definition) is 5. The molecule has 0 aliphatic heterocycles. The van der Waals surface area contributed by atoms with Crippen LogP contribution in [0.25, 0.3) is 21.8 Å². The average molecular weight is 440 g/mol. The third-order valence-corrected chi connectivity index (χ3v) is 6.72. The van der Waals surface area contributed by atoms with E-state index in [1.807, 2.05) is 18.2 Å². The number of aromatic nitrogens is 3. The maximum atomic E-state index is 12.8. The average Bonchev–Trinajstić information content (AvgIpc) is 3.02. The summed E-state index contributed by atoms with van der Waals surface area (Å²) in [7, 11) is 5.50. The zero-order chi connectivity index (χ0) is 22.7. The van der Waals surface area contributed by atoms with E-state index in [0.717, 1.165) is 17.4 Å². The molecule has 0 unspecified atom stereocenters. The minimum absolute atomic E-state index is 0.0656. The first kappa shape index (κ1) is 22.3. The minimum Gasteiger partial charge on any atom is -0.497 e. The Morgan fingerprint density at radius 1 is 1.22 bits per heavy atom. The Morgan fingerprint density at radius 3 is 2.69 bits per heavy atom. The number of aryl methyl sites for hydroxylation is 1. The van der Waals surface area contributed by atoms with Gasteiger partial charge in [-0.1, -0.05) is 25.7 Å². The summed E-state index contributed by atoms with van der Waals surface area (Å²) in [6, 6.07) is 6.18. The Kier molecular flexibility index (Phi) is 6.79. The number of methoxy groups -OCH3 is 1. The summed E-state index contributed by atoms with van der Waals surface area (Å²) >= 11 is 0. The highest BCUT2D eigenvalue weighted by atomic mass is 16.5. The topological polar surface area (TPSA) is 81.4 Å². The summed E-state index contributed by atoms with van der Waals surface area (Å²) in [5, 5.41) is 8.71. The molecule has 1 fully saturated rings. The number of fused-ring (bicyclic) bond motifs is 3. The molecule has 3 aromatic rings. The number of carbonyl (C=O) groups is 1. The summed E-state index contributed by atoms with van der Waals surface area (Å²) in [6.07, 6.45) is 9.30. The van der Waals surface area contributed by atoms with Crippen LogP contribution in [-0.2, 0) is 18.4 Å². The fraction of sp³-hybridized carbons (Fsp3) is 0.542. The number of pyridine rings is 1. The van der Waals surface area contributed by atoms with E-state index in [1.54, 1.807) is 29.6 Å². The van der Waals surface area contributed by atoms with Crippen molar-refractivity contribution in [2.75, 3.05) is 27.2 Å². The number of nitrogens with one attached hydrogen (secondary N) is 1. The molecule has 0 spiro atoms. The first-order valence-corrected chi connectivity index (χ1v) is 11.5. The van der Waals surface area contributed by atoms with E-state index in [9.17, 15) is 9.59 Å². The van der Waals surface area contributed by atoms with E-state index < -0.39 is 0 Å². The molecule has 0 bridgehead atoms. The number of amides is 1. The molecule has 0 radical (unpaired) electrons. The molecular formula is C24H33N5O3. The lowest BCUT2D eigenvalue weighted by Crippen LogP contribution is -2.39. The van der Waals surface area contributed by atoms with Crippen molar-refractivity contribution in [2.45, 2.75) is 51.1 Å². The largest absolute Gasteiger partial charge is 0.497 e. The molecule has 1 aromatic carbocycles. The third-order valence-electron chi connectivity index (χ3n) is 6.72. The maximum Gasteiger partial charge on any atom is 0.261 e. The van der Waals surface area contributed by atoms with E-state index in [-0.39, 0.29) is 18.0 Å². The van der Waals surface area contributed by atoms with Gasteiger partial charge in [-0.2, -0.15) is 5.10 Å². The van der Waals surface area contributed by atoms with Crippen LogP contribution in [0.5, 0.6) is 5.75 Å². The van der Waals surface area contributed by atoms with E-state index in [2.05, 4.69) is 22.4 Å². The van der Waals surface area contributed by atoms with Gasteiger partial charge in [-0.05, 0) is 38.1 Å². The third kappa shape index (κ3) is 4.50. The normalized spacial score (nSPS) is 15.4. The molecule has 32 heavy (non-hydrogen) atoms. The first-order chi connectivity index (χ1) is 15.5. The van der Waals surface area contributed by atoms with Gasteiger partial charge in [0, 0.05) is 31.6 Å². The van der Waals surface area contributed by atoms with Crippen LogP contribution < -0.4 is 15.6 Å². The minimum atomic E-state index is -0.130. The maximum absolute atomic E-state index is 12.8. The molecule has 8 nitrogen and oxygen atoms in total. The summed E-state index contributed by atoms with van der Waals surface area (Å²) in [5.74, 6) is 0.581. The lowest BCUT2D eigenvalue weighted by atomic mass is 10.1. The number of benzene rings is 1. The highest BCUT2D eigenvalue weighted by molar-refractivity contribution is 6.04. The first-order valence-electron chi connectivity index (χ1n) is 11.5. The predicted molar refractivity (Wildman–Crippen MR) is 126 cm³/mol. The van der Waals surface area contributed by atoms with Gasteiger partial charge >= 0.3 is 0 Å². The molecular weight excluding hydrogens is 406 g/mol. The molecule has 1 saturated carbocycles. The lowest BCUT2D eigenvalue weighted by Gasteiger charge is -2.27. The van der Waals surface area contributed by atoms with Crippen LogP contribution in [0.3, 0.4) is 0 Å². The molecule has 2 aromatic heterocycles. The number of likely N-dealkylation sites (N-methyl/N-ethyl adjacent to an activating group) is 1. The van der Waals surface area contributed by atoms with Crippen LogP contribution >= 0.6 is 0 Å². The second kappa shape index (κ2) is 9.73. The molecule has 2 heterocycles. The van der Waals surface area contributed by atoms with Crippen LogP contribution in [0, 0.1) is 0 Å². The predicted octanol–water partition coefficient (Wildman–Crippen LogP) is 2.67. The fourth-order valence-corrected chi connectivity index (χ4v) is 4.80. The number of carbonyl (C=O) groups excluding carboxylic acids is 1. The highest BCUT2D eigenvalue weighted by Crippen LogP contribution is 2.26. The van der Waals surface area contributed by atoms with Crippen molar-refractivity contribution >= 4 is 27.7 Å². The highest BCUT2D eigenvalue weighted by Gasteiger charge is 2.18. The molecule has 172 valence electrons. The van der Waals surface area contributed by atoms with Crippen molar-refractivity contribution in [1.82, 2.24) is 24.6 Å². The Hall–Kier alpha value is -2.87. The van der Waals surface area contributed by atoms with Gasteiger partial charge in [0.1, 0.15) is 12.3 Å². The Morgan fingerprint density at radius 2 is 1.97 bits per heavy atom. The van der Waals surface area contributed by atoms with Crippen LogP contribution in [0.15, 0.2) is 29.2 Å². The smallest absolute Gasteiger partial charge is 0.261 e. The van der Waals surface area contributed by atoms with Gasteiger partial charge < -0.3 is 19.5 Å². The van der Waals surface area contributed by atoms with E-state index in [0.29, 0.717) is 29.2 Å². The summed E-state index contributed by atoms with van der Waals surface area (Å²) in [4.78, 5) is 27.8. The van der Waals surface area contributed by atoms with Crippen LogP contribution in [0.2, 0.25) is 0 Å². The molecule has 1 amide bonds. The SMILES string of the molecule is COc1ccc2c(c1)c1c(cnn1CC(=O)NCCN(C)C1CCCCCC1)c(=O)n2C. The monoisotopic (exact) mass is 439 g/mol. The fourth-order valence-electron chi connectivity index (χ4n) is 4.80. The van der Waals surface area contributed by atoms with Crippen LogP contribution in [0.4, 0.5) is 0 Å². The van der Waals surface area contributed by atoms with Crippen molar-refractivity contribution in [3.05, 3.63) is 34.7 Å². The molecule has 1 aliphatic carbocycles. The zero-order valence-corrected chi connectivity index (χ0v) is 19.3. The van der Waals surface area contributed by atoms with Crippen molar-refractivity contribution in [3.63, 3.8) is 0 Å². The van der Waals surface area contributed by atoms with Gasteiger partial charge in [0.15, 0.2) is 0 Å². The summed E-state index contributed by atoms with van der Waals surface area (Å²) in [5.41, 5.74) is 1.30. The van der Waals surface area contributed by atoms with Gasteiger partial charge in [0.25, 0.3) is 5.56 Å².